The number of nitriles is 1. The predicted molar refractivity (Wildman–Crippen MR) is 108 cm³/mol. The molecule has 0 unspecified atom stereocenters. The average molecular weight is 370 g/mol. The summed E-state index contributed by atoms with van der Waals surface area (Å²) in [6.07, 6.45) is 1.40. The number of nitrogens with zero attached hydrogens (tertiary/aromatic N) is 1. The maximum absolute atomic E-state index is 12.4. The number of furan rings is 1. The van der Waals surface area contributed by atoms with Gasteiger partial charge < -0.3 is 9.73 Å². The largest absolute Gasteiger partial charge is 0.457 e. The van der Waals surface area contributed by atoms with Gasteiger partial charge in [-0.15, -0.1) is 0 Å². The first kappa shape index (κ1) is 18.9. The van der Waals surface area contributed by atoms with E-state index in [2.05, 4.69) is 5.32 Å². The van der Waals surface area contributed by atoms with Gasteiger partial charge in [0.25, 0.3) is 5.91 Å². The van der Waals surface area contributed by atoms with E-state index < -0.39 is 5.91 Å². The van der Waals surface area contributed by atoms with Crippen molar-refractivity contribution in [3.63, 3.8) is 0 Å². The number of ketones is 1. The third-order valence-corrected chi connectivity index (χ3v) is 4.13. The zero-order chi connectivity index (χ0) is 20.1. The van der Waals surface area contributed by atoms with Crippen LogP contribution in [0.4, 0.5) is 5.69 Å². The summed E-state index contributed by atoms with van der Waals surface area (Å²) < 4.78 is 5.73. The molecule has 3 aromatic rings. The normalized spacial score (nSPS) is 11.0. The molecule has 0 atom stereocenters. The minimum absolute atomic E-state index is 0.00657. The Morgan fingerprint density at radius 2 is 1.82 bits per heavy atom. The van der Waals surface area contributed by atoms with E-state index in [1.54, 1.807) is 42.5 Å². The molecule has 1 heterocycles. The highest BCUT2D eigenvalue weighted by Crippen LogP contribution is 2.24. The molecule has 0 aliphatic heterocycles. The van der Waals surface area contributed by atoms with Gasteiger partial charge in [-0.25, -0.2) is 0 Å². The van der Waals surface area contributed by atoms with Crippen molar-refractivity contribution in [2.24, 2.45) is 0 Å². The lowest BCUT2D eigenvalue weighted by Gasteiger charge is -2.04. The molecule has 0 saturated carbocycles. The van der Waals surface area contributed by atoms with Crippen LogP contribution in [-0.4, -0.2) is 11.7 Å². The van der Waals surface area contributed by atoms with Crippen LogP contribution in [0.1, 0.15) is 28.6 Å². The first-order valence-electron chi connectivity index (χ1n) is 8.67. The zero-order valence-corrected chi connectivity index (χ0v) is 15.5. The van der Waals surface area contributed by atoms with Gasteiger partial charge in [0.2, 0.25) is 0 Å². The van der Waals surface area contributed by atoms with E-state index in [4.69, 9.17) is 4.42 Å². The Balaban J connectivity index is 1.79. The Bertz CT molecular complexity index is 1100. The fraction of sp³-hybridized carbons (Fsp3) is 0.0870. The number of hydrogen-bond donors (Lipinski definition) is 1. The maximum Gasteiger partial charge on any atom is 0.266 e. The Labute approximate surface area is 162 Å². The van der Waals surface area contributed by atoms with Gasteiger partial charge in [0.05, 0.1) is 0 Å². The van der Waals surface area contributed by atoms with E-state index in [1.165, 1.54) is 13.0 Å². The Hall–Kier alpha value is -3.91. The molecule has 1 aromatic heterocycles. The van der Waals surface area contributed by atoms with Crippen LogP contribution in [0.3, 0.4) is 0 Å². The molecular formula is C23H18N2O3. The fourth-order valence-electron chi connectivity index (χ4n) is 2.67. The van der Waals surface area contributed by atoms with Gasteiger partial charge in [-0.05, 0) is 43.7 Å². The first-order valence-corrected chi connectivity index (χ1v) is 8.67. The molecule has 0 aliphatic rings. The molecule has 1 amide bonds. The molecule has 5 nitrogen and oxygen atoms in total. The van der Waals surface area contributed by atoms with Crippen molar-refractivity contribution in [1.29, 1.82) is 5.26 Å². The Morgan fingerprint density at radius 1 is 1.07 bits per heavy atom. The summed E-state index contributed by atoms with van der Waals surface area (Å²) in [5.41, 5.74) is 2.99. The smallest absolute Gasteiger partial charge is 0.266 e. The van der Waals surface area contributed by atoms with Crippen LogP contribution in [0.2, 0.25) is 0 Å². The van der Waals surface area contributed by atoms with Gasteiger partial charge in [-0.1, -0.05) is 36.4 Å². The van der Waals surface area contributed by atoms with Crippen LogP contribution in [0.25, 0.3) is 17.4 Å². The van der Waals surface area contributed by atoms with E-state index in [0.717, 1.165) is 11.1 Å². The van der Waals surface area contributed by atoms with Crippen LogP contribution in [-0.2, 0) is 4.79 Å². The molecule has 1 N–H and O–H groups in total. The molecule has 138 valence electrons. The highest BCUT2D eigenvalue weighted by Gasteiger charge is 2.12. The lowest BCUT2D eigenvalue weighted by Crippen LogP contribution is -2.13. The van der Waals surface area contributed by atoms with Crippen molar-refractivity contribution in [3.05, 3.63) is 83.1 Å². The molecule has 0 radical (unpaired) electrons. The van der Waals surface area contributed by atoms with E-state index in [9.17, 15) is 14.9 Å². The minimum atomic E-state index is -0.503. The second-order valence-electron chi connectivity index (χ2n) is 6.33. The summed E-state index contributed by atoms with van der Waals surface area (Å²) in [4.78, 5) is 23.7. The highest BCUT2D eigenvalue weighted by molar-refractivity contribution is 6.09. The molecule has 0 bridgehead atoms. The van der Waals surface area contributed by atoms with Crippen LogP contribution in [0, 0.1) is 18.3 Å². The van der Waals surface area contributed by atoms with Gasteiger partial charge in [-0.2, -0.15) is 5.26 Å². The Kier molecular flexibility index (Phi) is 5.52. The Morgan fingerprint density at radius 3 is 2.46 bits per heavy atom. The molecule has 2 aromatic carbocycles. The SMILES string of the molecule is CC(=O)c1ccc(-c2ccc(/C=C(/C#N)C(=O)Nc3cccc(C)c3)o2)cc1. The number of aryl methyl sites for hydroxylation is 1. The van der Waals surface area contributed by atoms with E-state index >= 15 is 0 Å². The lowest BCUT2D eigenvalue weighted by molar-refractivity contribution is -0.112. The van der Waals surface area contributed by atoms with Gasteiger partial charge in [0.1, 0.15) is 23.2 Å². The summed E-state index contributed by atoms with van der Waals surface area (Å²) in [5.74, 6) is 0.462. The van der Waals surface area contributed by atoms with Crippen LogP contribution in [0.5, 0.6) is 0 Å². The number of benzene rings is 2. The average Bonchev–Trinajstić information content (AvgIpc) is 3.14. The van der Waals surface area contributed by atoms with Crippen molar-refractivity contribution in [1.82, 2.24) is 0 Å². The van der Waals surface area contributed by atoms with Gasteiger partial charge >= 0.3 is 0 Å². The molecule has 0 saturated heterocycles. The van der Waals surface area contributed by atoms with E-state index in [-0.39, 0.29) is 11.4 Å². The number of hydrogen-bond acceptors (Lipinski definition) is 4. The van der Waals surface area contributed by atoms with Crippen LogP contribution >= 0.6 is 0 Å². The first-order chi connectivity index (χ1) is 13.5. The second-order valence-corrected chi connectivity index (χ2v) is 6.33. The number of carbonyl (C=O) groups is 2. The van der Waals surface area contributed by atoms with Crippen molar-refractivity contribution < 1.29 is 14.0 Å². The monoisotopic (exact) mass is 370 g/mol. The summed E-state index contributed by atoms with van der Waals surface area (Å²) >= 11 is 0. The maximum atomic E-state index is 12.4. The van der Waals surface area contributed by atoms with Gasteiger partial charge in [-0.3, -0.25) is 9.59 Å². The van der Waals surface area contributed by atoms with Crippen molar-refractivity contribution >= 4 is 23.5 Å². The van der Waals surface area contributed by atoms with E-state index in [0.29, 0.717) is 22.8 Å². The number of carbonyl (C=O) groups excluding carboxylic acids is 2. The van der Waals surface area contributed by atoms with Gasteiger partial charge in [0.15, 0.2) is 5.78 Å². The molecule has 0 fully saturated rings. The molecule has 5 heteroatoms. The topological polar surface area (TPSA) is 83.1 Å². The van der Waals surface area contributed by atoms with Crippen molar-refractivity contribution in [2.45, 2.75) is 13.8 Å². The van der Waals surface area contributed by atoms with Crippen molar-refractivity contribution in [3.8, 4) is 17.4 Å². The summed E-state index contributed by atoms with van der Waals surface area (Å²) in [5, 5.41) is 12.0. The number of nitrogens with one attached hydrogen (secondary N) is 1. The molecule has 0 spiro atoms. The zero-order valence-electron chi connectivity index (χ0n) is 15.5. The number of amides is 1. The standard InChI is InChI=1S/C23H18N2O3/c1-15-4-3-5-20(12-15)25-23(27)19(14-24)13-21-10-11-22(28-21)18-8-6-17(7-9-18)16(2)26/h3-13H,1-2H3,(H,25,27)/b19-13-. The van der Waals surface area contributed by atoms with Gasteiger partial charge in [0, 0.05) is 22.9 Å². The predicted octanol–water partition coefficient (Wildman–Crippen LogP) is 5.00. The summed E-state index contributed by atoms with van der Waals surface area (Å²) in [6.45, 7) is 3.43. The molecule has 0 aliphatic carbocycles. The minimum Gasteiger partial charge on any atom is -0.457 e. The highest BCUT2D eigenvalue weighted by atomic mass is 16.3. The number of anilines is 1. The van der Waals surface area contributed by atoms with Crippen LogP contribution < -0.4 is 5.32 Å². The third kappa shape index (κ3) is 4.43. The van der Waals surface area contributed by atoms with E-state index in [1.807, 2.05) is 31.2 Å². The quantitative estimate of drug-likeness (QED) is 0.389. The lowest BCUT2D eigenvalue weighted by atomic mass is 10.1. The summed E-state index contributed by atoms with van der Waals surface area (Å²) in [7, 11) is 0. The molecule has 28 heavy (non-hydrogen) atoms. The van der Waals surface area contributed by atoms with Crippen molar-refractivity contribution in [2.75, 3.05) is 5.32 Å². The van der Waals surface area contributed by atoms with Crippen LogP contribution in [0.15, 0.2) is 70.7 Å². The third-order valence-electron chi connectivity index (χ3n) is 4.13. The fourth-order valence-corrected chi connectivity index (χ4v) is 2.67. The number of Topliss-reactive ketones (excluding diaryl/α,β-unsaturated/α-hetero) is 1. The summed E-state index contributed by atoms with van der Waals surface area (Å²) in [6, 6.07) is 19.7. The number of rotatable bonds is 5. The molecule has 3 rings (SSSR count). The molecular weight excluding hydrogens is 352 g/mol. The second kappa shape index (κ2) is 8.19.